The second-order valence-corrected chi connectivity index (χ2v) is 4.12. The highest BCUT2D eigenvalue weighted by molar-refractivity contribution is 5.75. The first kappa shape index (κ1) is 17.8. The maximum absolute atomic E-state index is 11.7. The van der Waals surface area contributed by atoms with Crippen LogP contribution in [-0.2, 0) is 14.3 Å². The number of hydrogen-bond donors (Lipinski definition) is 2. The fourth-order valence-electron chi connectivity index (χ4n) is 1.41. The van der Waals surface area contributed by atoms with Crippen LogP contribution in [0.3, 0.4) is 0 Å². The highest BCUT2D eigenvalue weighted by Gasteiger charge is 2.04. The van der Waals surface area contributed by atoms with Crippen molar-refractivity contribution < 1.29 is 28.2 Å². The van der Waals surface area contributed by atoms with Gasteiger partial charge in [-0.05, 0) is 12.8 Å². The lowest BCUT2D eigenvalue weighted by molar-refractivity contribution is -0.137. The second kappa shape index (κ2) is 11.8. The van der Waals surface area contributed by atoms with Crippen LogP contribution in [0.25, 0.3) is 0 Å². The van der Waals surface area contributed by atoms with Crippen LogP contribution in [0.15, 0.2) is 0 Å². The number of rotatable bonds is 12. The lowest BCUT2D eigenvalue weighted by atomic mass is 10.1. The number of carbonyl (C=O) groups is 2. The fraction of sp³-hybridized carbons (Fsp3) is 0.833. The first-order valence-electron chi connectivity index (χ1n) is 6.36. The van der Waals surface area contributed by atoms with E-state index in [4.69, 9.17) is 5.11 Å². The minimum atomic E-state index is -2.51. The Labute approximate surface area is 111 Å². The number of carbonyl (C=O) groups excluding carboxylic acids is 1. The lowest BCUT2D eigenvalue weighted by Crippen LogP contribution is -2.25. The number of carboxylic acids is 1. The quantitative estimate of drug-likeness (QED) is 0.535. The van der Waals surface area contributed by atoms with Gasteiger partial charge in [0.2, 0.25) is 5.91 Å². The predicted molar refractivity (Wildman–Crippen MR) is 65.2 cm³/mol. The second-order valence-electron chi connectivity index (χ2n) is 4.12. The van der Waals surface area contributed by atoms with Gasteiger partial charge in [-0.1, -0.05) is 12.8 Å². The van der Waals surface area contributed by atoms with Crippen LogP contribution in [0.1, 0.15) is 38.5 Å². The highest BCUT2D eigenvalue weighted by atomic mass is 19.3. The third-order valence-corrected chi connectivity index (χ3v) is 2.36. The van der Waals surface area contributed by atoms with Crippen LogP contribution < -0.4 is 5.32 Å². The standard InChI is InChI=1S/C12H21F2NO4/c13-10(14)9-19-8-6-11(16)15-7-4-2-1-3-5-12(17)18/h10H,1-9H2,(H,15,16)(H,17,18). The molecule has 0 fully saturated rings. The van der Waals surface area contributed by atoms with Crippen molar-refractivity contribution in [2.24, 2.45) is 0 Å². The lowest BCUT2D eigenvalue weighted by Gasteiger charge is -2.05. The molecule has 1 amide bonds. The zero-order valence-electron chi connectivity index (χ0n) is 10.9. The molecule has 5 nitrogen and oxygen atoms in total. The number of unbranched alkanes of at least 4 members (excludes halogenated alkanes) is 3. The summed E-state index contributed by atoms with van der Waals surface area (Å²) in [7, 11) is 0. The molecule has 0 saturated carbocycles. The molecule has 0 atom stereocenters. The Morgan fingerprint density at radius 2 is 1.79 bits per heavy atom. The number of nitrogens with one attached hydrogen (secondary N) is 1. The van der Waals surface area contributed by atoms with E-state index in [0.717, 1.165) is 19.3 Å². The minimum Gasteiger partial charge on any atom is -0.481 e. The molecule has 7 heteroatoms. The van der Waals surface area contributed by atoms with E-state index in [0.29, 0.717) is 13.0 Å². The Bertz CT molecular complexity index is 262. The summed E-state index contributed by atoms with van der Waals surface area (Å²) in [4.78, 5) is 21.4. The third kappa shape index (κ3) is 14.7. The van der Waals surface area contributed by atoms with Crippen LogP contribution in [0, 0.1) is 0 Å². The summed E-state index contributed by atoms with van der Waals surface area (Å²) >= 11 is 0. The third-order valence-electron chi connectivity index (χ3n) is 2.36. The Hall–Kier alpha value is -1.24. The van der Waals surface area contributed by atoms with Gasteiger partial charge in [0.25, 0.3) is 6.43 Å². The maximum atomic E-state index is 11.7. The van der Waals surface area contributed by atoms with Crippen molar-refractivity contribution in [1.82, 2.24) is 5.32 Å². The molecule has 0 heterocycles. The Morgan fingerprint density at radius 3 is 2.42 bits per heavy atom. The number of aliphatic carboxylic acids is 1. The van der Waals surface area contributed by atoms with Gasteiger partial charge in [0.05, 0.1) is 6.61 Å². The molecule has 2 N–H and O–H groups in total. The first-order valence-corrected chi connectivity index (χ1v) is 6.36. The van der Waals surface area contributed by atoms with Crippen molar-refractivity contribution in [3.05, 3.63) is 0 Å². The van der Waals surface area contributed by atoms with Crippen LogP contribution >= 0.6 is 0 Å². The number of hydrogen-bond acceptors (Lipinski definition) is 3. The molecule has 0 unspecified atom stereocenters. The van der Waals surface area contributed by atoms with Gasteiger partial charge in [0.1, 0.15) is 6.61 Å². The smallest absolute Gasteiger partial charge is 0.303 e. The summed E-state index contributed by atoms with van der Waals surface area (Å²) in [6.45, 7) is -0.133. The summed E-state index contributed by atoms with van der Waals surface area (Å²) in [6, 6.07) is 0. The number of alkyl halides is 2. The largest absolute Gasteiger partial charge is 0.481 e. The molecule has 0 aromatic carbocycles. The molecule has 0 radical (unpaired) electrons. The van der Waals surface area contributed by atoms with E-state index in [9.17, 15) is 18.4 Å². The van der Waals surface area contributed by atoms with E-state index in [1.54, 1.807) is 0 Å². The SMILES string of the molecule is O=C(O)CCCCCCNC(=O)CCOCC(F)F. The van der Waals surface area contributed by atoms with Gasteiger partial charge in [0, 0.05) is 19.4 Å². The van der Waals surface area contributed by atoms with Crippen molar-refractivity contribution in [2.45, 2.75) is 45.0 Å². The number of carboxylic acid groups (broad SMARTS) is 1. The van der Waals surface area contributed by atoms with Gasteiger partial charge in [-0.2, -0.15) is 0 Å². The number of halogens is 2. The van der Waals surface area contributed by atoms with Crippen LogP contribution in [0.4, 0.5) is 8.78 Å². The van der Waals surface area contributed by atoms with E-state index < -0.39 is 19.0 Å². The van der Waals surface area contributed by atoms with Crippen molar-refractivity contribution in [3.63, 3.8) is 0 Å². The molecule has 0 aliphatic carbocycles. The van der Waals surface area contributed by atoms with Crippen molar-refractivity contribution in [2.75, 3.05) is 19.8 Å². The van der Waals surface area contributed by atoms with Crippen molar-refractivity contribution in [3.8, 4) is 0 Å². The first-order chi connectivity index (χ1) is 9.02. The maximum Gasteiger partial charge on any atom is 0.303 e. The topological polar surface area (TPSA) is 75.6 Å². The van der Waals surface area contributed by atoms with Crippen LogP contribution in [-0.4, -0.2) is 43.2 Å². The molecular formula is C12H21F2NO4. The predicted octanol–water partition coefficient (Wildman–Crippen LogP) is 1.81. The molecule has 0 saturated heterocycles. The van der Waals surface area contributed by atoms with Crippen molar-refractivity contribution in [1.29, 1.82) is 0 Å². The van der Waals surface area contributed by atoms with Gasteiger partial charge in [-0.15, -0.1) is 0 Å². The summed E-state index contributed by atoms with van der Waals surface area (Å²) < 4.78 is 28.0. The van der Waals surface area contributed by atoms with Gasteiger partial charge in [-0.3, -0.25) is 9.59 Å². The van der Waals surface area contributed by atoms with E-state index >= 15 is 0 Å². The Morgan fingerprint density at radius 1 is 1.11 bits per heavy atom. The molecule has 0 aliphatic heterocycles. The Balaban J connectivity index is 3.22. The van der Waals surface area contributed by atoms with Gasteiger partial charge in [0.15, 0.2) is 0 Å². The minimum absolute atomic E-state index is 0.00517. The monoisotopic (exact) mass is 281 g/mol. The summed E-state index contributed by atoms with van der Waals surface area (Å²) in [5.74, 6) is -1.02. The van der Waals surface area contributed by atoms with Crippen molar-refractivity contribution >= 4 is 11.9 Å². The van der Waals surface area contributed by atoms with Gasteiger partial charge >= 0.3 is 5.97 Å². The average Bonchev–Trinajstić information content (AvgIpc) is 2.33. The molecule has 19 heavy (non-hydrogen) atoms. The normalized spacial score (nSPS) is 10.7. The van der Waals surface area contributed by atoms with Gasteiger partial charge in [-0.25, -0.2) is 8.78 Å². The zero-order valence-corrected chi connectivity index (χ0v) is 10.9. The van der Waals surface area contributed by atoms with E-state index in [2.05, 4.69) is 10.1 Å². The molecule has 0 aliphatic rings. The van der Waals surface area contributed by atoms with Gasteiger partial charge < -0.3 is 15.2 Å². The van der Waals surface area contributed by atoms with E-state index in [1.807, 2.05) is 0 Å². The number of ether oxygens (including phenoxy) is 1. The fourth-order valence-corrected chi connectivity index (χ4v) is 1.41. The van der Waals surface area contributed by atoms with E-state index in [1.165, 1.54) is 0 Å². The average molecular weight is 281 g/mol. The van der Waals surface area contributed by atoms with Crippen LogP contribution in [0.2, 0.25) is 0 Å². The molecule has 0 aromatic rings. The summed E-state index contributed by atoms with van der Waals surface area (Å²) in [5.41, 5.74) is 0. The molecule has 0 bridgehead atoms. The molecular weight excluding hydrogens is 260 g/mol. The molecule has 0 rings (SSSR count). The summed E-state index contributed by atoms with van der Waals surface area (Å²) in [6.07, 6.45) is 0.844. The molecule has 0 aromatic heterocycles. The summed E-state index contributed by atoms with van der Waals surface area (Å²) in [5, 5.41) is 11.1. The van der Waals surface area contributed by atoms with Crippen LogP contribution in [0.5, 0.6) is 0 Å². The highest BCUT2D eigenvalue weighted by Crippen LogP contribution is 2.02. The Kier molecular flexibility index (Phi) is 11.1. The number of amides is 1. The molecule has 112 valence electrons. The van der Waals surface area contributed by atoms with E-state index in [-0.39, 0.29) is 25.4 Å². The molecule has 0 spiro atoms. The zero-order chi connectivity index (χ0) is 14.5.